The van der Waals surface area contributed by atoms with Gasteiger partial charge in [-0.15, -0.1) is 0 Å². The van der Waals surface area contributed by atoms with Crippen LogP contribution in [-0.2, 0) is 6.54 Å². The van der Waals surface area contributed by atoms with Gasteiger partial charge in [-0.05, 0) is 50.6 Å². The van der Waals surface area contributed by atoms with Gasteiger partial charge < -0.3 is 5.32 Å². The lowest BCUT2D eigenvalue weighted by atomic mass is 9.98. The summed E-state index contributed by atoms with van der Waals surface area (Å²) in [5.74, 6) is 0. The van der Waals surface area contributed by atoms with E-state index in [0.29, 0.717) is 0 Å². The molecule has 0 spiro atoms. The summed E-state index contributed by atoms with van der Waals surface area (Å²) >= 11 is 6.05. The fraction of sp³-hybridized carbons (Fsp3) is 0.600. The third-order valence-electron chi connectivity index (χ3n) is 3.85. The molecule has 100 valence electrons. The highest BCUT2D eigenvalue weighted by molar-refractivity contribution is 6.30. The van der Waals surface area contributed by atoms with Gasteiger partial charge in [-0.25, -0.2) is 0 Å². The first-order valence-electron chi connectivity index (χ1n) is 6.83. The van der Waals surface area contributed by atoms with Gasteiger partial charge >= 0.3 is 0 Å². The largest absolute Gasteiger partial charge is 0.310 e. The molecule has 1 heterocycles. The number of nitrogens with zero attached hydrogens (tertiary/aromatic N) is 1. The minimum Gasteiger partial charge on any atom is -0.310 e. The zero-order valence-corrected chi connectivity index (χ0v) is 12.1. The molecular weight excluding hydrogens is 244 g/mol. The molecule has 18 heavy (non-hydrogen) atoms. The molecule has 0 saturated carbocycles. The maximum absolute atomic E-state index is 6.05. The van der Waals surface area contributed by atoms with Crippen molar-refractivity contribution in [1.82, 2.24) is 10.2 Å². The fourth-order valence-electron chi connectivity index (χ4n) is 2.59. The number of hydrogen-bond donors (Lipinski definition) is 1. The Morgan fingerprint density at radius 2 is 2.28 bits per heavy atom. The Kier molecular flexibility index (Phi) is 4.66. The Bertz CT molecular complexity index is 394. The van der Waals surface area contributed by atoms with Crippen LogP contribution in [0, 0.1) is 0 Å². The Labute approximate surface area is 115 Å². The highest BCUT2D eigenvalue weighted by Gasteiger charge is 2.26. The Hall–Kier alpha value is -0.570. The molecular formula is C15H23ClN2. The highest BCUT2D eigenvalue weighted by Crippen LogP contribution is 2.18. The monoisotopic (exact) mass is 266 g/mol. The highest BCUT2D eigenvalue weighted by atomic mass is 35.5. The molecule has 3 heteroatoms. The van der Waals surface area contributed by atoms with E-state index < -0.39 is 0 Å². The van der Waals surface area contributed by atoms with Gasteiger partial charge in [0.2, 0.25) is 0 Å². The number of rotatable bonds is 3. The molecule has 1 aromatic rings. The Balaban J connectivity index is 2.03. The van der Waals surface area contributed by atoms with E-state index in [0.717, 1.165) is 31.2 Å². The standard InChI is InChI=1S/C15H23ClN2/c1-3-15(2)12-18(9-5-8-17-15)11-13-6-4-7-14(16)10-13/h4,6-7,10,17H,3,5,8-9,11-12H2,1-2H3. The lowest BCUT2D eigenvalue weighted by molar-refractivity contribution is 0.208. The smallest absolute Gasteiger partial charge is 0.0409 e. The van der Waals surface area contributed by atoms with Gasteiger partial charge in [-0.3, -0.25) is 4.90 Å². The molecule has 1 atom stereocenters. The molecule has 1 N–H and O–H groups in total. The maximum Gasteiger partial charge on any atom is 0.0409 e. The maximum atomic E-state index is 6.05. The molecule has 1 aliphatic rings. The van der Waals surface area contributed by atoms with Crippen molar-refractivity contribution in [2.75, 3.05) is 19.6 Å². The van der Waals surface area contributed by atoms with E-state index in [4.69, 9.17) is 11.6 Å². The topological polar surface area (TPSA) is 15.3 Å². The van der Waals surface area contributed by atoms with Crippen molar-refractivity contribution in [3.05, 3.63) is 34.9 Å². The van der Waals surface area contributed by atoms with Crippen molar-refractivity contribution in [2.24, 2.45) is 0 Å². The minimum absolute atomic E-state index is 0.245. The summed E-state index contributed by atoms with van der Waals surface area (Å²) in [4.78, 5) is 2.54. The van der Waals surface area contributed by atoms with Crippen LogP contribution in [0.15, 0.2) is 24.3 Å². The van der Waals surface area contributed by atoms with Crippen LogP contribution in [0.3, 0.4) is 0 Å². The van der Waals surface area contributed by atoms with Crippen LogP contribution < -0.4 is 5.32 Å². The summed E-state index contributed by atoms with van der Waals surface area (Å²) in [5, 5.41) is 4.50. The van der Waals surface area contributed by atoms with E-state index >= 15 is 0 Å². The summed E-state index contributed by atoms with van der Waals surface area (Å²) in [6, 6.07) is 8.20. The van der Waals surface area contributed by atoms with Crippen LogP contribution in [0.25, 0.3) is 0 Å². The quantitative estimate of drug-likeness (QED) is 0.903. The predicted octanol–water partition coefficient (Wildman–Crippen LogP) is 3.30. The minimum atomic E-state index is 0.245. The van der Waals surface area contributed by atoms with Gasteiger partial charge in [0, 0.05) is 23.7 Å². The van der Waals surface area contributed by atoms with Crippen molar-refractivity contribution < 1.29 is 0 Å². The third-order valence-corrected chi connectivity index (χ3v) is 4.09. The SMILES string of the molecule is CCC1(C)CN(Cc2cccc(Cl)c2)CCCN1. The van der Waals surface area contributed by atoms with Gasteiger partial charge in [0.25, 0.3) is 0 Å². The van der Waals surface area contributed by atoms with Crippen molar-refractivity contribution in [3.8, 4) is 0 Å². The average molecular weight is 267 g/mol. The average Bonchev–Trinajstić information content (AvgIpc) is 2.52. The second-order valence-corrected chi connectivity index (χ2v) is 5.97. The van der Waals surface area contributed by atoms with E-state index in [1.54, 1.807) is 0 Å². The molecule has 1 saturated heterocycles. The van der Waals surface area contributed by atoms with Crippen LogP contribution in [0.5, 0.6) is 0 Å². The van der Waals surface area contributed by atoms with Crippen LogP contribution in [0.2, 0.25) is 5.02 Å². The predicted molar refractivity (Wildman–Crippen MR) is 78.0 cm³/mol. The van der Waals surface area contributed by atoms with E-state index in [-0.39, 0.29) is 5.54 Å². The lowest BCUT2D eigenvalue weighted by Gasteiger charge is -2.32. The molecule has 0 bridgehead atoms. The zero-order chi connectivity index (χ0) is 13.0. The first-order chi connectivity index (χ1) is 8.61. The van der Waals surface area contributed by atoms with Gasteiger partial charge in [0.1, 0.15) is 0 Å². The number of nitrogens with one attached hydrogen (secondary N) is 1. The fourth-order valence-corrected chi connectivity index (χ4v) is 2.80. The van der Waals surface area contributed by atoms with Crippen molar-refractivity contribution in [1.29, 1.82) is 0 Å². The van der Waals surface area contributed by atoms with Gasteiger partial charge in [0.05, 0.1) is 0 Å². The summed E-state index contributed by atoms with van der Waals surface area (Å²) in [5.41, 5.74) is 1.55. The van der Waals surface area contributed by atoms with Crippen LogP contribution >= 0.6 is 11.6 Å². The van der Waals surface area contributed by atoms with Crippen LogP contribution in [0.1, 0.15) is 32.3 Å². The molecule has 0 aromatic heterocycles. The molecule has 1 unspecified atom stereocenters. The van der Waals surface area contributed by atoms with Crippen molar-refractivity contribution in [2.45, 2.75) is 38.8 Å². The molecule has 0 aliphatic carbocycles. The van der Waals surface area contributed by atoms with E-state index in [1.807, 2.05) is 12.1 Å². The lowest BCUT2D eigenvalue weighted by Crippen LogP contribution is -2.48. The Morgan fingerprint density at radius 3 is 3.00 bits per heavy atom. The Morgan fingerprint density at radius 1 is 1.44 bits per heavy atom. The van der Waals surface area contributed by atoms with Crippen LogP contribution in [-0.4, -0.2) is 30.1 Å². The molecule has 1 aromatic carbocycles. The first-order valence-corrected chi connectivity index (χ1v) is 7.21. The van der Waals surface area contributed by atoms with Gasteiger partial charge in [-0.2, -0.15) is 0 Å². The summed E-state index contributed by atoms with van der Waals surface area (Å²) in [6.45, 7) is 8.97. The number of halogens is 1. The summed E-state index contributed by atoms with van der Waals surface area (Å²) in [6.07, 6.45) is 2.38. The van der Waals surface area contributed by atoms with Gasteiger partial charge in [0.15, 0.2) is 0 Å². The molecule has 2 rings (SSSR count). The third kappa shape index (κ3) is 3.71. The molecule has 1 fully saturated rings. The van der Waals surface area contributed by atoms with Crippen molar-refractivity contribution in [3.63, 3.8) is 0 Å². The number of hydrogen-bond acceptors (Lipinski definition) is 2. The second kappa shape index (κ2) is 6.05. The normalized spacial score (nSPS) is 25.9. The molecule has 1 aliphatic heterocycles. The van der Waals surface area contributed by atoms with Crippen molar-refractivity contribution >= 4 is 11.6 Å². The van der Waals surface area contributed by atoms with Gasteiger partial charge in [-0.1, -0.05) is 30.7 Å². The summed E-state index contributed by atoms with van der Waals surface area (Å²) < 4.78 is 0. The summed E-state index contributed by atoms with van der Waals surface area (Å²) in [7, 11) is 0. The van der Waals surface area contributed by atoms with E-state index in [2.05, 4.69) is 36.2 Å². The first kappa shape index (κ1) is 13.9. The van der Waals surface area contributed by atoms with Crippen LogP contribution in [0.4, 0.5) is 0 Å². The molecule has 0 amide bonds. The molecule has 0 radical (unpaired) electrons. The van der Waals surface area contributed by atoms with E-state index in [9.17, 15) is 0 Å². The zero-order valence-electron chi connectivity index (χ0n) is 11.4. The second-order valence-electron chi connectivity index (χ2n) is 5.54. The molecule has 2 nitrogen and oxygen atoms in total. The van der Waals surface area contributed by atoms with E-state index in [1.165, 1.54) is 18.4 Å². The number of benzene rings is 1.